The van der Waals surface area contributed by atoms with E-state index in [0.29, 0.717) is 21.6 Å². The second-order valence-electron chi connectivity index (χ2n) is 5.07. The van der Waals surface area contributed by atoms with E-state index in [0.717, 1.165) is 12.1 Å². The Balaban J connectivity index is 2.51. The lowest BCUT2D eigenvalue weighted by atomic mass is 10.0. The monoisotopic (exact) mass is 327 g/mol. The molecule has 5 nitrogen and oxygen atoms in total. The smallest absolute Gasteiger partial charge is 0.313 e. The molecule has 0 saturated heterocycles. The average molecular weight is 328 g/mol. The zero-order valence-corrected chi connectivity index (χ0v) is 13.8. The molecule has 0 spiro atoms. The molecule has 2 aromatic rings. The second kappa shape index (κ2) is 6.66. The van der Waals surface area contributed by atoms with Crippen molar-refractivity contribution in [2.75, 3.05) is 5.75 Å². The zero-order chi connectivity index (χ0) is 15.6. The van der Waals surface area contributed by atoms with Gasteiger partial charge in [0.25, 0.3) is 0 Å². The highest BCUT2D eigenvalue weighted by atomic mass is 35.5. The fraction of sp³-hybridized carbons (Fsp3) is 0.500. The summed E-state index contributed by atoms with van der Waals surface area (Å²) in [5.41, 5.74) is 1.45. The molecular weight excluding hydrogens is 310 g/mol. The number of pyridine rings is 1. The van der Waals surface area contributed by atoms with Crippen molar-refractivity contribution in [3.63, 3.8) is 0 Å². The summed E-state index contributed by atoms with van der Waals surface area (Å²) in [6.45, 7) is 6.41. The highest BCUT2D eigenvalue weighted by Crippen LogP contribution is 2.31. The molecule has 2 heterocycles. The SMILES string of the molecule is CCC(C)C(C)n1c(SCC(=O)O)nc2cc(Cl)cnc21. The number of carboxylic acids is 1. The van der Waals surface area contributed by atoms with E-state index in [9.17, 15) is 4.79 Å². The Morgan fingerprint density at radius 3 is 2.86 bits per heavy atom. The lowest BCUT2D eigenvalue weighted by molar-refractivity contribution is -0.133. The fourth-order valence-electron chi connectivity index (χ4n) is 2.13. The van der Waals surface area contributed by atoms with E-state index < -0.39 is 5.97 Å². The molecule has 0 aromatic carbocycles. The molecule has 2 unspecified atom stereocenters. The van der Waals surface area contributed by atoms with Crippen LogP contribution in [0.5, 0.6) is 0 Å². The molecule has 0 amide bonds. The normalized spacial score (nSPS) is 14.3. The molecule has 0 fully saturated rings. The van der Waals surface area contributed by atoms with E-state index >= 15 is 0 Å². The molecule has 0 saturated carbocycles. The molecule has 1 N–H and O–H groups in total. The van der Waals surface area contributed by atoms with Gasteiger partial charge in [0, 0.05) is 12.2 Å². The first-order chi connectivity index (χ1) is 9.93. The molecule has 0 aliphatic rings. The maximum atomic E-state index is 10.8. The van der Waals surface area contributed by atoms with E-state index in [1.54, 1.807) is 12.3 Å². The first-order valence-corrected chi connectivity index (χ1v) is 8.18. The Labute approximate surface area is 132 Å². The molecule has 21 heavy (non-hydrogen) atoms. The van der Waals surface area contributed by atoms with Gasteiger partial charge in [-0.1, -0.05) is 43.6 Å². The maximum Gasteiger partial charge on any atom is 0.313 e. The van der Waals surface area contributed by atoms with Crippen LogP contribution in [0.3, 0.4) is 0 Å². The minimum absolute atomic E-state index is 0.0235. The van der Waals surface area contributed by atoms with Gasteiger partial charge >= 0.3 is 5.97 Å². The molecule has 0 bridgehead atoms. The molecule has 2 aromatic heterocycles. The number of imidazole rings is 1. The molecular formula is C14H18ClN3O2S. The van der Waals surface area contributed by atoms with Crippen molar-refractivity contribution in [2.24, 2.45) is 5.92 Å². The third kappa shape index (κ3) is 3.49. The van der Waals surface area contributed by atoms with Crippen LogP contribution in [-0.2, 0) is 4.79 Å². The van der Waals surface area contributed by atoms with E-state index in [4.69, 9.17) is 16.7 Å². The maximum absolute atomic E-state index is 10.8. The lowest BCUT2D eigenvalue weighted by Crippen LogP contribution is -2.15. The number of carbonyl (C=O) groups is 1. The number of fused-ring (bicyclic) bond motifs is 1. The third-order valence-electron chi connectivity index (χ3n) is 3.66. The Morgan fingerprint density at radius 2 is 2.24 bits per heavy atom. The van der Waals surface area contributed by atoms with E-state index in [2.05, 4.69) is 30.7 Å². The molecule has 0 radical (unpaired) electrons. The van der Waals surface area contributed by atoms with Crippen molar-refractivity contribution in [3.8, 4) is 0 Å². The number of hydrogen-bond donors (Lipinski definition) is 1. The summed E-state index contributed by atoms with van der Waals surface area (Å²) in [6, 6.07) is 1.94. The van der Waals surface area contributed by atoms with E-state index in [-0.39, 0.29) is 11.8 Å². The van der Waals surface area contributed by atoms with Gasteiger partial charge in [-0.05, 0) is 18.9 Å². The molecule has 0 aliphatic heterocycles. The summed E-state index contributed by atoms with van der Waals surface area (Å²) < 4.78 is 2.02. The number of aliphatic carboxylic acids is 1. The van der Waals surface area contributed by atoms with Gasteiger partial charge in [-0.15, -0.1) is 0 Å². The zero-order valence-electron chi connectivity index (χ0n) is 12.2. The third-order valence-corrected chi connectivity index (χ3v) is 4.81. The molecule has 7 heteroatoms. The van der Waals surface area contributed by atoms with E-state index in [1.807, 2.05) is 4.57 Å². The van der Waals surface area contributed by atoms with Crippen molar-refractivity contribution in [3.05, 3.63) is 17.3 Å². The van der Waals surface area contributed by atoms with Crippen LogP contribution in [0.2, 0.25) is 5.02 Å². The van der Waals surface area contributed by atoms with Gasteiger partial charge in [-0.3, -0.25) is 4.79 Å². The Hall–Kier alpha value is -1.27. The number of carboxylic acid groups (broad SMARTS) is 1. The number of hydrogen-bond acceptors (Lipinski definition) is 4. The van der Waals surface area contributed by atoms with Gasteiger partial charge in [0.1, 0.15) is 5.52 Å². The van der Waals surface area contributed by atoms with Gasteiger partial charge < -0.3 is 9.67 Å². The number of rotatable bonds is 6. The Kier molecular flexibility index (Phi) is 5.11. The van der Waals surface area contributed by atoms with Crippen LogP contribution < -0.4 is 0 Å². The van der Waals surface area contributed by atoms with Gasteiger partial charge in [0.05, 0.1) is 10.8 Å². The topological polar surface area (TPSA) is 68.0 Å². The van der Waals surface area contributed by atoms with Crippen LogP contribution in [-0.4, -0.2) is 31.4 Å². The predicted molar refractivity (Wildman–Crippen MR) is 85.1 cm³/mol. The average Bonchev–Trinajstić information content (AvgIpc) is 2.80. The van der Waals surface area contributed by atoms with Gasteiger partial charge in [-0.2, -0.15) is 0 Å². The minimum Gasteiger partial charge on any atom is -0.481 e. The first kappa shape index (κ1) is 16.1. The summed E-state index contributed by atoms with van der Waals surface area (Å²) >= 11 is 7.18. The Bertz CT molecular complexity index is 659. The van der Waals surface area contributed by atoms with Gasteiger partial charge in [0.15, 0.2) is 10.8 Å². The van der Waals surface area contributed by atoms with Crippen molar-refractivity contribution >= 4 is 40.5 Å². The van der Waals surface area contributed by atoms with Crippen LogP contribution in [0.1, 0.15) is 33.2 Å². The number of thioether (sulfide) groups is 1. The van der Waals surface area contributed by atoms with Crippen LogP contribution in [0, 0.1) is 5.92 Å². The van der Waals surface area contributed by atoms with Crippen molar-refractivity contribution in [1.82, 2.24) is 14.5 Å². The van der Waals surface area contributed by atoms with Crippen molar-refractivity contribution in [2.45, 2.75) is 38.4 Å². The summed E-state index contributed by atoms with van der Waals surface area (Å²) in [7, 11) is 0. The number of halogens is 1. The quantitative estimate of drug-likeness (QED) is 0.816. The van der Waals surface area contributed by atoms with Gasteiger partial charge in [-0.25, -0.2) is 9.97 Å². The fourth-order valence-corrected chi connectivity index (χ4v) is 3.09. The highest BCUT2D eigenvalue weighted by molar-refractivity contribution is 7.99. The summed E-state index contributed by atoms with van der Waals surface area (Å²) in [5, 5.41) is 10.1. The molecule has 0 aliphatic carbocycles. The van der Waals surface area contributed by atoms with Gasteiger partial charge in [0.2, 0.25) is 0 Å². The second-order valence-corrected chi connectivity index (χ2v) is 6.45. The van der Waals surface area contributed by atoms with Crippen molar-refractivity contribution < 1.29 is 9.90 Å². The van der Waals surface area contributed by atoms with E-state index in [1.165, 1.54) is 11.8 Å². The van der Waals surface area contributed by atoms with Crippen LogP contribution in [0.4, 0.5) is 0 Å². The van der Waals surface area contributed by atoms with Crippen LogP contribution in [0.25, 0.3) is 11.2 Å². The first-order valence-electron chi connectivity index (χ1n) is 6.82. The molecule has 2 atom stereocenters. The molecule has 2 rings (SSSR count). The minimum atomic E-state index is -0.860. The summed E-state index contributed by atoms with van der Waals surface area (Å²) in [4.78, 5) is 19.7. The number of nitrogens with zero attached hydrogens (tertiary/aromatic N) is 3. The summed E-state index contributed by atoms with van der Waals surface area (Å²) in [6.07, 6.45) is 2.62. The standard InChI is InChI=1S/C14H18ClN3O2S/c1-4-8(2)9(3)18-13-11(5-10(15)6-16-13)17-14(18)21-7-12(19)20/h5-6,8-9H,4,7H2,1-3H3,(H,19,20). The number of aromatic nitrogens is 3. The Morgan fingerprint density at radius 1 is 1.52 bits per heavy atom. The van der Waals surface area contributed by atoms with Crippen LogP contribution in [0.15, 0.2) is 17.4 Å². The largest absolute Gasteiger partial charge is 0.481 e. The van der Waals surface area contributed by atoms with Crippen LogP contribution >= 0.6 is 23.4 Å². The highest BCUT2D eigenvalue weighted by Gasteiger charge is 2.21. The molecule has 114 valence electrons. The summed E-state index contributed by atoms with van der Waals surface area (Å²) in [5.74, 6) is -0.450. The van der Waals surface area contributed by atoms with Crippen molar-refractivity contribution in [1.29, 1.82) is 0 Å². The lowest BCUT2D eigenvalue weighted by Gasteiger charge is -2.22. The predicted octanol–water partition coefficient (Wildman–Crippen LogP) is 3.87.